The van der Waals surface area contributed by atoms with Gasteiger partial charge in [-0.05, 0) is 50.6 Å². The Kier molecular flexibility index (Phi) is 7.26. The second-order valence-electron chi connectivity index (χ2n) is 6.21. The number of hydrogen-bond acceptors (Lipinski definition) is 6. The molecule has 7 heteroatoms. The first-order valence-corrected chi connectivity index (χ1v) is 8.80. The minimum Gasteiger partial charge on any atom is -0.493 e. The summed E-state index contributed by atoms with van der Waals surface area (Å²) in [5.41, 5.74) is 1.51. The average molecular weight is 387 g/mol. The second kappa shape index (κ2) is 9.64. The van der Waals surface area contributed by atoms with Gasteiger partial charge in [-0.15, -0.1) is 0 Å². The molecule has 0 fully saturated rings. The second-order valence-corrected chi connectivity index (χ2v) is 6.21. The van der Waals surface area contributed by atoms with E-state index in [-0.39, 0.29) is 0 Å². The summed E-state index contributed by atoms with van der Waals surface area (Å²) in [4.78, 5) is 24.5. The fourth-order valence-electron chi connectivity index (χ4n) is 2.42. The molecule has 0 aliphatic rings. The molecular formula is C21H25NO6. The third kappa shape index (κ3) is 5.64. The molecule has 0 heterocycles. The molecule has 0 radical (unpaired) electrons. The normalized spacial score (nSPS) is 12.5. The number of nitrogens with one attached hydrogen (secondary N) is 1. The standard InChI is InChI=1S/C21H25NO6/c1-13-7-6-8-17(11-13)27-15(3)21(24)28-14(2)20(23)22-16-9-10-18(25-4)19(12-16)26-5/h6-12,14-15H,1-5H3,(H,22,23)/t14-,15-/m0/s1. The fraction of sp³-hybridized carbons (Fsp3) is 0.333. The van der Waals surface area contributed by atoms with Crippen LogP contribution in [0.2, 0.25) is 0 Å². The lowest BCUT2D eigenvalue weighted by atomic mass is 10.2. The van der Waals surface area contributed by atoms with Crippen molar-refractivity contribution in [3.05, 3.63) is 48.0 Å². The van der Waals surface area contributed by atoms with Crippen LogP contribution in [-0.2, 0) is 14.3 Å². The SMILES string of the molecule is COc1ccc(NC(=O)[C@H](C)OC(=O)[C@H](C)Oc2cccc(C)c2)cc1OC. The number of carbonyl (C=O) groups is 2. The van der Waals surface area contributed by atoms with E-state index in [2.05, 4.69) is 5.32 Å². The van der Waals surface area contributed by atoms with Gasteiger partial charge in [-0.1, -0.05) is 12.1 Å². The highest BCUT2D eigenvalue weighted by Crippen LogP contribution is 2.29. The molecule has 2 atom stereocenters. The highest BCUT2D eigenvalue weighted by Gasteiger charge is 2.23. The molecule has 1 N–H and O–H groups in total. The minimum atomic E-state index is -0.996. The maximum atomic E-state index is 12.3. The van der Waals surface area contributed by atoms with Gasteiger partial charge in [0.2, 0.25) is 0 Å². The first-order chi connectivity index (χ1) is 13.3. The Morgan fingerprint density at radius 3 is 2.29 bits per heavy atom. The van der Waals surface area contributed by atoms with Gasteiger partial charge >= 0.3 is 5.97 Å². The number of esters is 1. The number of rotatable bonds is 8. The van der Waals surface area contributed by atoms with Crippen molar-refractivity contribution >= 4 is 17.6 Å². The molecule has 0 aliphatic heterocycles. The Morgan fingerprint density at radius 2 is 1.64 bits per heavy atom. The van der Waals surface area contributed by atoms with E-state index in [9.17, 15) is 9.59 Å². The number of methoxy groups -OCH3 is 2. The summed E-state index contributed by atoms with van der Waals surface area (Å²) in [5.74, 6) is 0.485. The van der Waals surface area contributed by atoms with Crippen LogP contribution in [0.25, 0.3) is 0 Å². The molecule has 2 aromatic carbocycles. The van der Waals surface area contributed by atoms with Crippen molar-refractivity contribution in [2.24, 2.45) is 0 Å². The molecule has 0 aromatic heterocycles. The quantitative estimate of drug-likeness (QED) is 0.700. The van der Waals surface area contributed by atoms with Crippen LogP contribution >= 0.6 is 0 Å². The van der Waals surface area contributed by atoms with E-state index in [1.807, 2.05) is 25.1 Å². The number of amides is 1. The predicted molar refractivity (Wildman–Crippen MR) is 105 cm³/mol. The summed E-state index contributed by atoms with van der Waals surface area (Å²) in [6, 6.07) is 12.3. The maximum absolute atomic E-state index is 12.3. The van der Waals surface area contributed by atoms with Crippen molar-refractivity contribution in [1.82, 2.24) is 0 Å². The summed E-state index contributed by atoms with van der Waals surface area (Å²) in [6.07, 6.45) is -1.85. The van der Waals surface area contributed by atoms with Crippen LogP contribution in [0.4, 0.5) is 5.69 Å². The number of anilines is 1. The van der Waals surface area contributed by atoms with Crippen LogP contribution in [0.3, 0.4) is 0 Å². The predicted octanol–water partition coefficient (Wildman–Crippen LogP) is 3.35. The van der Waals surface area contributed by atoms with Crippen molar-refractivity contribution in [1.29, 1.82) is 0 Å². The fourth-order valence-corrected chi connectivity index (χ4v) is 2.42. The summed E-state index contributed by atoms with van der Waals surface area (Å²) >= 11 is 0. The monoisotopic (exact) mass is 387 g/mol. The summed E-state index contributed by atoms with van der Waals surface area (Å²) < 4.78 is 21.2. The first-order valence-electron chi connectivity index (χ1n) is 8.80. The van der Waals surface area contributed by atoms with Crippen molar-refractivity contribution in [2.45, 2.75) is 33.0 Å². The molecule has 0 saturated heterocycles. The number of benzene rings is 2. The van der Waals surface area contributed by atoms with Gasteiger partial charge in [0.1, 0.15) is 5.75 Å². The van der Waals surface area contributed by atoms with E-state index in [1.54, 1.807) is 31.2 Å². The molecule has 0 spiro atoms. The van der Waals surface area contributed by atoms with Crippen LogP contribution in [0.15, 0.2) is 42.5 Å². The molecule has 1 amide bonds. The van der Waals surface area contributed by atoms with Crippen LogP contribution in [0.1, 0.15) is 19.4 Å². The third-order valence-corrected chi connectivity index (χ3v) is 3.95. The maximum Gasteiger partial charge on any atom is 0.347 e. The average Bonchev–Trinajstić information content (AvgIpc) is 2.67. The number of hydrogen-bond donors (Lipinski definition) is 1. The summed E-state index contributed by atoms with van der Waals surface area (Å²) in [6.45, 7) is 4.99. The van der Waals surface area contributed by atoms with E-state index in [1.165, 1.54) is 21.1 Å². The molecule has 28 heavy (non-hydrogen) atoms. The zero-order valence-electron chi connectivity index (χ0n) is 16.6. The molecule has 0 saturated carbocycles. The van der Waals surface area contributed by atoms with Crippen LogP contribution in [0.5, 0.6) is 17.2 Å². The van der Waals surface area contributed by atoms with Crippen molar-refractivity contribution < 1.29 is 28.5 Å². The first kappa shape index (κ1) is 21.1. The van der Waals surface area contributed by atoms with Gasteiger partial charge in [0, 0.05) is 11.8 Å². The zero-order valence-corrected chi connectivity index (χ0v) is 16.6. The lowest BCUT2D eigenvalue weighted by molar-refractivity contribution is -0.159. The van der Waals surface area contributed by atoms with Crippen molar-refractivity contribution in [3.63, 3.8) is 0 Å². The van der Waals surface area contributed by atoms with Crippen LogP contribution in [-0.4, -0.2) is 38.3 Å². The third-order valence-electron chi connectivity index (χ3n) is 3.95. The lowest BCUT2D eigenvalue weighted by Gasteiger charge is -2.18. The molecule has 2 rings (SSSR count). The molecular weight excluding hydrogens is 362 g/mol. The zero-order chi connectivity index (χ0) is 20.7. The van der Waals surface area contributed by atoms with E-state index >= 15 is 0 Å². The van der Waals surface area contributed by atoms with Gasteiger partial charge in [0.25, 0.3) is 5.91 Å². The van der Waals surface area contributed by atoms with Crippen LogP contribution < -0.4 is 19.5 Å². The highest BCUT2D eigenvalue weighted by atomic mass is 16.6. The largest absolute Gasteiger partial charge is 0.493 e. The molecule has 7 nitrogen and oxygen atoms in total. The number of ether oxygens (including phenoxy) is 4. The Morgan fingerprint density at radius 1 is 0.929 bits per heavy atom. The van der Waals surface area contributed by atoms with Gasteiger partial charge < -0.3 is 24.3 Å². The Balaban J connectivity index is 1.93. The number of carbonyl (C=O) groups excluding carboxylic acids is 2. The lowest BCUT2D eigenvalue weighted by Crippen LogP contribution is -2.35. The summed E-state index contributed by atoms with van der Waals surface area (Å²) in [5, 5.41) is 2.68. The van der Waals surface area contributed by atoms with Crippen molar-refractivity contribution in [3.8, 4) is 17.2 Å². The highest BCUT2D eigenvalue weighted by molar-refractivity contribution is 5.95. The van der Waals surface area contributed by atoms with Gasteiger partial charge in [-0.2, -0.15) is 0 Å². The Hall–Kier alpha value is -3.22. The molecule has 2 aromatic rings. The van der Waals surface area contributed by atoms with Gasteiger partial charge in [0.15, 0.2) is 23.7 Å². The van der Waals surface area contributed by atoms with Gasteiger partial charge in [-0.25, -0.2) is 4.79 Å². The minimum absolute atomic E-state index is 0.469. The summed E-state index contributed by atoms with van der Waals surface area (Å²) in [7, 11) is 3.03. The topological polar surface area (TPSA) is 83.1 Å². The Bertz CT molecular complexity index is 835. The Labute approximate surface area is 164 Å². The van der Waals surface area contributed by atoms with Gasteiger partial charge in [-0.3, -0.25) is 4.79 Å². The molecule has 150 valence electrons. The van der Waals surface area contributed by atoms with E-state index < -0.39 is 24.1 Å². The van der Waals surface area contributed by atoms with E-state index in [0.717, 1.165) is 5.56 Å². The molecule has 0 bridgehead atoms. The molecule has 0 aliphatic carbocycles. The smallest absolute Gasteiger partial charge is 0.347 e. The van der Waals surface area contributed by atoms with Crippen molar-refractivity contribution in [2.75, 3.05) is 19.5 Å². The van der Waals surface area contributed by atoms with E-state index in [0.29, 0.717) is 22.9 Å². The van der Waals surface area contributed by atoms with Gasteiger partial charge in [0.05, 0.1) is 14.2 Å². The number of aryl methyl sites for hydroxylation is 1. The molecule has 0 unspecified atom stereocenters. The van der Waals surface area contributed by atoms with Crippen LogP contribution in [0, 0.1) is 6.92 Å². The van der Waals surface area contributed by atoms with E-state index in [4.69, 9.17) is 18.9 Å².